The molecule has 0 N–H and O–H groups in total. The third kappa shape index (κ3) is 1.88. The zero-order valence-corrected chi connectivity index (χ0v) is 14.7. The van der Waals surface area contributed by atoms with Gasteiger partial charge in [0.2, 0.25) is 0 Å². The monoisotopic (exact) mass is 336 g/mol. The highest BCUT2D eigenvalue weighted by atomic mass is 32.2. The van der Waals surface area contributed by atoms with Crippen molar-refractivity contribution < 1.29 is 9.53 Å². The summed E-state index contributed by atoms with van der Waals surface area (Å²) in [5, 5.41) is 0.142. The summed E-state index contributed by atoms with van der Waals surface area (Å²) in [5.41, 5.74) is 5.96. The Morgan fingerprint density at radius 2 is 1.58 bits per heavy atom. The van der Waals surface area contributed by atoms with Crippen molar-refractivity contribution >= 4 is 17.7 Å². The number of thioether (sulfide) groups is 1. The maximum atomic E-state index is 13.1. The summed E-state index contributed by atoms with van der Waals surface area (Å²) in [6, 6.07) is 16.9. The lowest BCUT2D eigenvalue weighted by atomic mass is 9.68. The summed E-state index contributed by atoms with van der Waals surface area (Å²) in [5.74, 6) is -0.210. The number of hydrogen-bond donors (Lipinski definition) is 0. The Labute approximate surface area is 146 Å². The van der Waals surface area contributed by atoms with E-state index in [0.717, 1.165) is 5.57 Å². The predicted octanol–water partition coefficient (Wildman–Crippen LogP) is 4.85. The number of ether oxygens (including phenoxy) is 1. The Morgan fingerprint density at radius 1 is 1.08 bits per heavy atom. The van der Waals surface area contributed by atoms with Gasteiger partial charge in [0.25, 0.3) is 0 Å². The number of carbonyl (C=O) groups excluding carboxylic acids is 1. The molecule has 0 saturated carbocycles. The Hall–Kier alpha value is -2.00. The predicted molar refractivity (Wildman–Crippen MR) is 98.3 cm³/mol. The maximum absolute atomic E-state index is 13.1. The molecule has 0 aromatic heterocycles. The van der Waals surface area contributed by atoms with E-state index >= 15 is 0 Å². The second-order valence-electron chi connectivity index (χ2n) is 6.43. The number of esters is 1. The standard InChI is InChI=1S/C21H20O2S/c1-4-23-20(22)21(13(2)3)18-14-9-5-7-11-16(14)19(24-21)17-12-8-6-10-15(17)18/h5-12,18-19H,2,4H2,1,3H3/t18?,19?,21-/m1/s1. The van der Waals surface area contributed by atoms with Crippen LogP contribution in [0, 0.1) is 0 Å². The van der Waals surface area contributed by atoms with Crippen LogP contribution >= 0.6 is 11.8 Å². The molecule has 2 aliphatic heterocycles. The van der Waals surface area contributed by atoms with Crippen molar-refractivity contribution in [2.45, 2.75) is 29.8 Å². The van der Waals surface area contributed by atoms with Crippen LogP contribution in [-0.4, -0.2) is 17.3 Å². The van der Waals surface area contributed by atoms with E-state index in [2.05, 4.69) is 55.1 Å². The second-order valence-corrected chi connectivity index (χ2v) is 7.78. The summed E-state index contributed by atoms with van der Waals surface area (Å²) < 4.78 is 4.76. The fourth-order valence-electron chi connectivity index (χ4n) is 4.10. The molecular formula is C21H20O2S. The van der Waals surface area contributed by atoms with Crippen LogP contribution in [0.25, 0.3) is 0 Å². The van der Waals surface area contributed by atoms with Crippen molar-refractivity contribution in [2.24, 2.45) is 0 Å². The number of benzene rings is 2. The molecule has 2 bridgehead atoms. The molecule has 0 spiro atoms. The van der Waals surface area contributed by atoms with Crippen LogP contribution in [0.3, 0.4) is 0 Å². The van der Waals surface area contributed by atoms with Gasteiger partial charge in [0.05, 0.1) is 11.9 Å². The Bertz CT molecular complexity index is 794. The lowest BCUT2D eigenvalue weighted by Crippen LogP contribution is -2.50. The largest absolute Gasteiger partial charge is 0.465 e. The van der Waals surface area contributed by atoms with Gasteiger partial charge in [-0.1, -0.05) is 60.7 Å². The SMILES string of the molecule is C=C(C)[C@@]1(C(=O)OCC)SC2c3ccccc3C1c1ccccc12. The lowest BCUT2D eigenvalue weighted by Gasteiger charge is -2.51. The number of fused-ring (bicyclic) bond motifs is 1. The summed E-state index contributed by atoms with van der Waals surface area (Å²) in [7, 11) is 0. The van der Waals surface area contributed by atoms with Crippen LogP contribution in [-0.2, 0) is 9.53 Å². The van der Waals surface area contributed by atoms with E-state index in [9.17, 15) is 4.79 Å². The Balaban J connectivity index is 2.01. The first-order valence-electron chi connectivity index (χ1n) is 8.30. The zero-order valence-electron chi connectivity index (χ0n) is 13.9. The molecule has 2 nitrogen and oxygen atoms in total. The molecule has 1 atom stereocenters. The average Bonchev–Trinajstić information content (AvgIpc) is 2.61. The summed E-state index contributed by atoms with van der Waals surface area (Å²) >= 11 is 1.70. The van der Waals surface area contributed by atoms with E-state index in [1.54, 1.807) is 11.8 Å². The van der Waals surface area contributed by atoms with Crippen molar-refractivity contribution in [3.63, 3.8) is 0 Å². The normalized spacial score (nSPS) is 26.4. The molecule has 3 heteroatoms. The van der Waals surface area contributed by atoms with Crippen LogP contribution in [0.1, 0.15) is 47.3 Å². The molecule has 2 aromatic rings. The van der Waals surface area contributed by atoms with Gasteiger partial charge < -0.3 is 4.74 Å². The van der Waals surface area contributed by atoms with Crippen molar-refractivity contribution in [3.05, 3.63) is 82.9 Å². The molecule has 0 fully saturated rings. The molecule has 122 valence electrons. The van der Waals surface area contributed by atoms with Crippen molar-refractivity contribution in [1.82, 2.24) is 0 Å². The molecule has 0 saturated heterocycles. The van der Waals surface area contributed by atoms with E-state index in [0.29, 0.717) is 6.61 Å². The van der Waals surface area contributed by atoms with Gasteiger partial charge in [-0.15, -0.1) is 11.8 Å². The highest BCUT2D eigenvalue weighted by Crippen LogP contribution is 2.65. The smallest absolute Gasteiger partial charge is 0.327 e. The van der Waals surface area contributed by atoms with Gasteiger partial charge in [0.1, 0.15) is 4.75 Å². The zero-order chi connectivity index (χ0) is 16.9. The van der Waals surface area contributed by atoms with Gasteiger partial charge in [0, 0.05) is 5.92 Å². The molecule has 5 rings (SSSR count). The molecule has 1 aliphatic carbocycles. The highest BCUT2D eigenvalue weighted by Gasteiger charge is 2.59. The van der Waals surface area contributed by atoms with E-state index in [1.165, 1.54) is 22.3 Å². The molecule has 0 unspecified atom stereocenters. The maximum Gasteiger partial charge on any atom is 0.327 e. The first kappa shape index (κ1) is 15.5. The molecule has 0 amide bonds. The fourth-order valence-corrected chi connectivity index (χ4v) is 5.91. The van der Waals surface area contributed by atoms with Crippen molar-refractivity contribution in [3.8, 4) is 0 Å². The van der Waals surface area contributed by atoms with Gasteiger partial charge >= 0.3 is 5.97 Å². The van der Waals surface area contributed by atoms with E-state index in [4.69, 9.17) is 4.74 Å². The minimum absolute atomic E-state index is 0.0450. The molecule has 3 aliphatic rings. The summed E-state index contributed by atoms with van der Waals surface area (Å²) in [4.78, 5) is 13.1. The third-order valence-electron chi connectivity index (χ3n) is 5.10. The van der Waals surface area contributed by atoms with Crippen molar-refractivity contribution in [2.75, 3.05) is 6.61 Å². The number of hydrogen-bond acceptors (Lipinski definition) is 3. The minimum atomic E-state index is -0.747. The van der Waals surface area contributed by atoms with Crippen molar-refractivity contribution in [1.29, 1.82) is 0 Å². The van der Waals surface area contributed by atoms with Crippen LogP contribution in [0.4, 0.5) is 0 Å². The van der Waals surface area contributed by atoms with E-state index in [-0.39, 0.29) is 17.1 Å². The molecule has 24 heavy (non-hydrogen) atoms. The molecule has 2 aromatic carbocycles. The number of rotatable bonds is 3. The van der Waals surface area contributed by atoms with Crippen LogP contribution in [0.5, 0.6) is 0 Å². The Morgan fingerprint density at radius 3 is 2.04 bits per heavy atom. The van der Waals surface area contributed by atoms with Gasteiger partial charge in [0.15, 0.2) is 0 Å². The van der Waals surface area contributed by atoms with E-state index in [1.807, 2.05) is 13.8 Å². The summed E-state index contributed by atoms with van der Waals surface area (Å²) in [6.45, 7) is 8.39. The van der Waals surface area contributed by atoms with Gasteiger partial charge in [-0.3, -0.25) is 4.79 Å². The molecular weight excluding hydrogens is 316 g/mol. The summed E-state index contributed by atoms with van der Waals surface area (Å²) in [6.07, 6.45) is 0. The van der Waals surface area contributed by atoms with Crippen LogP contribution in [0.2, 0.25) is 0 Å². The molecule has 2 heterocycles. The van der Waals surface area contributed by atoms with Gasteiger partial charge in [-0.2, -0.15) is 0 Å². The fraction of sp³-hybridized carbons (Fsp3) is 0.286. The average molecular weight is 336 g/mol. The van der Waals surface area contributed by atoms with Crippen LogP contribution in [0.15, 0.2) is 60.7 Å². The second kappa shape index (κ2) is 5.52. The van der Waals surface area contributed by atoms with Gasteiger partial charge in [-0.25, -0.2) is 0 Å². The quantitative estimate of drug-likeness (QED) is 0.592. The topological polar surface area (TPSA) is 26.3 Å². The number of carbonyl (C=O) groups is 1. The van der Waals surface area contributed by atoms with Gasteiger partial charge in [-0.05, 0) is 36.1 Å². The van der Waals surface area contributed by atoms with Crippen LogP contribution < -0.4 is 0 Å². The lowest BCUT2D eigenvalue weighted by molar-refractivity contribution is -0.145. The first-order chi connectivity index (χ1) is 11.6. The minimum Gasteiger partial charge on any atom is -0.465 e. The first-order valence-corrected chi connectivity index (χ1v) is 9.18. The van der Waals surface area contributed by atoms with E-state index < -0.39 is 4.75 Å². The molecule has 0 radical (unpaired) electrons. The highest BCUT2D eigenvalue weighted by molar-refractivity contribution is 8.02. The third-order valence-corrected chi connectivity index (χ3v) is 6.97. The Kier molecular flexibility index (Phi) is 3.57.